The molecule has 3 aliphatic rings. The summed E-state index contributed by atoms with van der Waals surface area (Å²) < 4.78 is 33.8. The van der Waals surface area contributed by atoms with Gasteiger partial charge in [-0.3, -0.25) is 4.79 Å². The van der Waals surface area contributed by atoms with Gasteiger partial charge in [-0.1, -0.05) is 18.9 Å². The number of likely N-dealkylation sites (tertiary alicyclic amines) is 1. The van der Waals surface area contributed by atoms with Crippen molar-refractivity contribution in [3.05, 3.63) is 17.5 Å². The molecule has 2 aliphatic heterocycles. The highest BCUT2D eigenvalue weighted by Crippen LogP contribution is 2.39. The van der Waals surface area contributed by atoms with E-state index in [4.69, 9.17) is 4.74 Å². The van der Waals surface area contributed by atoms with Gasteiger partial charge in [-0.15, -0.1) is 11.3 Å². The van der Waals surface area contributed by atoms with Gasteiger partial charge in [-0.05, 0) is 24.3 Å². The minimum absolute atomic E-state index is 0.171. The molecular weight excluding hydrogens is 360 g/mol. The Morgan fingerprint density at radius 3 is 2.56 bits per heavy atom. The molecule has 0 bridgehead atoms. The van der Waals surface area contributed by atoms with Crippen molar-refractivity contribution in [3.8, 4) is 0 Å². The SMILES string of the molecule is O=C(C1CCCC1)N1CCC2(CC1)OCCN2S(=O)(=O)c1cccs1. The molecule has 1 aromatic heterocycles. The first-order chi connectivity index (χ1) is 12.0. The van der Waals surface area contributed by atoms with Gasteiger partial charge in [0.25, 0.3) is 10.0 Å². The minimum atomic E-state index is -3.53. The van der Waals surface area contributed by atoms with Crippen LogP contribution in [0.3, 0.4) is 0 Å². The average molecular weight is 385 g/mol. The first-order valence-corrected chi connectivity index (χ1v) is 11.3. The zero-order valence-electron chi connectivity index (χ0n) is 14.2. The number of rotatable bonds is 3. The van der Waals surface area contributed by atoms with Crippen LogP contribution in [0, 0.1) is 5.92 Å². The smallest absolute Gasteiger partial charge is 0.255 e. The highest BCUT2D eigenvalue weighted by atomic mass is 32.2. The van der Waals surface area contributed by atoms with Crippen molar-refractivity contribution in [2.45, 2.75) is 48.5 Å². The Kier molecular flexibility index (Phi) is 4.64. The number of hydrogen-bond donors (Lipinski definition) is 0. The fraction of sp³-hybridized carbons (Fsp3) is 0.706. The highest BCUT2D eigenvalue weighted by Gasteiger charge is 2.51. The van der Waals surface area contributed by atoms with Crippen LogP contribution in [-0.2, 0) is 19.6 Å². The molecule has 1 spiro atoms. The Bertz CT molecular complexity index is 718. The van der Waals surface area contributed by atoms with Crippen LogP contribution in [0.25, 0.3) is 0 Å². The zero-order valence-corrected chi connectivity index (χ0v) is 15.9. The lowest BCUT2D eigenvalue weighted by molar-refractivity contribution is -0.143. The Hall–Kier alpha value is -0.960. The number of thiophene rings is 1. The lowest BCUT2D eigenvalue weighted by Gasteiger charge is -2.43. The predicted molar refractivity (Wildman–Crippen MR) is 94.7 cm³/mol. The molecule has 3 heterocycles. The fourth-order valence-electron chi connectivity index (χ4n) is 4.35. The largest absolute Gasteiger partial charge is 0.358 e. The van der Waals surface area contributed by atoms with Crippen LogP contribution in [0.4, 0.5) is 0 Å². The molecule has 0 atom stereocenters. The Morgan fingerprint density at radius 2 is 1.92 bits per heavy atom. The van der Waals surface area contributed by atoms with Crippen molar-refractivity contribution in [3.63, 3.8) is 0 Å². The second kappa shape index (κ2) is 6.64. The third kappa shape index (κ3) is 3.03. The van der Waals surface area contributed by atoms with E-state index in [0.29, 0.717) is 43.3 Å². The van der Waals surface area contributed by atoms with Gasteiger partial charge < -0.3 is 9.64 Å². The van der Waals surface area contributed by atoms with E-state index in [1.807, 2.05) is 4.90 Å². The van der Waals surface area contributed by atoms with Gasteiger partial charge in [0, 0.05) is 38.4 Å². The van der Waals surface area contributed by atoms with Gasteiger partial charge in [0.15, 0.2) is 0 Å². The van der Waals surface area contributed by atoms with E-state index in [1.54, 1.807) is 17.5 Å². The van der Waals surface area contributed by atoms with Crippen LogP contribution in [0.2, 0.25) is 0 Å². The van der Waals surface area contributed by atoms with Crippen LogP contribution in [-0.4, -0.2) is 55.5 Å². The number of nitrogens with zero attached hydrogens (tertiary/aromatic N) is 2. The predicted octanol–water partition coefficient (Wildman–Crippen LogP) is 2.28. The number of hydrogen-bond acceptors (Lipinski definition) is 5. The van der Waals surface area contributed by atoms with E-state index >= 15 is 0 Å². The van der Waals surface area contributed by atoms with Gasteiger partial charge in [0.05, 0.1) is 6.61 Å². The van der Waals surface area contributed by atoms with Crippen molar-refractivity contribution >= 4 is 27.3 Å². The summed E-state index contributed by atoms with van der Waals surface area (Å²) >= 11 is 1.24. The molecule has 25 heavy (non-hydrogen) atoms. The molecule has 3 fully saturated rings. The number of ether oxygens (including phenoxy) is 1. The van der Waals surface area contributed by atoms with Crippen molar-refractivity contribution in [1.82, 2.24) is 9.21 Å². The Morgan fingerprint density at radius 1 is 1.20 bits per heavy atom. The minimum Gasteiger partial charge on any atom is -0.358 e. The lowest BCUT2D eigenvalue weighted by Crippen LogP contribution is -2.56. The molecule has 0 unspecified atom stereocenters. The maximum absolute atomic E-state index is 13.0. The third-order valence-electron chi connectivity index (χ3n) is 5.72. The van der Waals surface area contributed by atoms with Crippen LogP contribution in [0.5, 0.6) is 0 Å². The molecule has 0 radical (unpaired) electrons. The Labute approximate surface area is 152 Å². The van der Waals surface area contributed by atoms with Crippen molar-refractivity contribution in [2.75, 3.05) is 26.2 Å². The van der Waals surface area contributed by atoms with Crippen molar-refractivity contribution < 1.29 is 17.9 Å². The average Bonchev–Trinajstić information content (AvgIpc) is 3.36. The summed E-state index contributed by atoms with van der Waals surface area (Å²) in [6, 6.07) is 3.40. The van der Waals surface area contributed by atoms with E-state index in [0.717, 1.165) is 25.7 Å². The summed E-state index contributed by atoms with van der Waals surface area (Å²) in [6.45, 7) is 1.95. The maximum atomic E-state index is 13.0. The van der Waals surface area contributed by atoms with Crippen LogP contribution in [0.15, 0.2) is 21.7 Å². The molecular formula is C17H24N2O4S2. The van der Waals surface area contributed by atoms with E-state index in [-0.39, 0.29) is 11.8 Å². The highest BCUT2D eigenvalue weighted by molar-refractivity contribution is 7.91. The number of carbonyl (C=O) groups excluding carboxylic acids is 1. The van der Waals surface area contributed by atoms with Crippen molar-refractivity contribution in [1.29, 1.82) is 0 Å². The standard InChI is InChI=1S/C17H24N2O4S2/c20-16(14-4-1-2-5-14)18-9-7-17(8-10-18)19(11-12-23-17)25(21,22)15-6-3-13-24-15/h3,6,13-14H,1-2,4-5,7-12H2. The summed E-state index contributed by atoms with van der Waals surface area (Å²) in [5.41, 5.74) is -0.782. The molecule has 0 N–H and O–H groups in total. The zero-order chi connectivity index (χ0) is 17.5. The maximum Gasteiger partial charge on any atom is 0.255 e. The summed E-state index contributed by atoms with van der Waals surface area (Å²) in [6.07, 6.45) is 5.38. The topological polar surface area (TPSA) is 66.9 Å². The molecule has 2 saturated heterocycles. The lowest BCUT2D eigenvalue weighted by atomic mass is 9.98. The molecule has 1 saturated carbocycles. The van der Waals surface area contributed by atoms with Crippen LogP contribution >= 0.6 is 11.3 Å². The summed E-state index contributed by atoms with van der Waals surface area (Å²) in [7, 11) is -3.53. The number of sulfonamides is 1. The molecule has 4 rings (SSSR count). The van der Waals surface area contributed by atoms with E-state index in [1.165, 1.54) is 15.6 Å². The van der Waals surface area contributed by atoms with Gasteiger partial charge in [0.2, 0.25) is 5.91 Å². The molecule has 6 nitrogen and oxygen atoms in total. The first-order valence-electron chi connectivity index (χ1n) is 9.02. The quantitative estimate of drug-likeness (QED) is 0.802. The van der Waals surface area contributed by atoms with Crippen LogP contribution in [0.1, 0.15) is 38.5 Å². The monoisotopic (exact) mass is 384 g/mol. The number of piperidine rings is 1. The van der Waals surface area contributed by atoms with Gasteiger partial charge in [-0.2, -0.15) is 4.31 Å². The summed E-state index contributed by atoms with van der Waals surface area (Å²) in [5, 5.41) is 1.78. The fourth-order valence-corrected chi connectivity index (χ4v) is 7.18. The van der Waals surface area contributed by atoms with E-state index < -0.39 is 15.7 Å². The van der Waals surface area contributed by atoms with E-state index in [9.17, 15) is 13.2 Å². The molecule has 138 valence electrons. The molecule has 0 aromatic carbocycles. The number of carbonyl (C=O) groups is 1. The second-order valence-electron chi connectivity index (χ2n) is 7.11. The normalized spacial score (nSPS) is 25.0. The molecule has 1 amide bonds. The van der Waals surface area contributed by atoms with Crippen LogP contribution < -0.4 is 0 Å². The Balaban J connectivity index is 1.48. The molecule has 1 aromatic rings. The van der Waals surface area contributed by atoms with Gasteiger partial charge >= 0.3 is 0 Å². The summed E-state index contributed by atoms with van der Waals surface area (Å²) in [4.78, 5) is 14.5. The molecule has 8 heteroatoms. The second-order valence-corrected chi connectivity index (χ2v) is 10.1. The van der Waals surface area contributed by atoms with Crippen molar-refractivity contribution in [2.24, 2.45) is 5.92 Å². The number of amides is 1. The van der Waals surface area contributed by atoms with Gasteiger partial charge in [-0.25, -0.2) is 8.42 Å². The summed E-state index contributed by atoms with van der Waals surface area (Å²) in [5.74, 6) is 0.419. The first kappa shape index (κ1) is 17.5. The third-order valence-corrected chi connectivity index (χ3v) is 9.04. The van der Waals surface area contributed by atoms with E-state index in [2.05, 4.69) is 0 Å². The molecule has 1 aliphatic carbocycles. The van der Waals surface area contributed by atoms with Gasteiger partial charge in [0.1, 0.15) is 9.93 Å².